The third-order valence-corrected chi connectivity index (χ3v) is 3.89. The second kappa shape index (κ2) is 5.92. The van der Waals surface area contributed by atoms with Crippen LogP contribution in [-0.4, -0.2) is 26.0 Å². The van der Waals surface area contributed by atoms with E-state index in [-0.39, 0.29) is 23.7 Å². The molecule has 1 aromatic carbocycles. The second-order valence-corrected chi connectivity index (χ2v) is 5.57. The summed E-state index contributed by atoms with van der Waals surface area (Å²) in [6, 6.07) is 8.07. The third-order valence-electron chi connectivity index (χ3n) is 2.98. The molecule has 0 saturated carbocycles. The van der Waals surface area contributed by atoms with Gasteiger partial charge in [-0.2, -0.15) is 18.0 Å². The quantitative estimate of drug-likeness (QED) is 0.685. The van der Waals surface area contributed by atoms with Gasteiger partial charge in [0.2, 0.25) is 5.82 Å². The molecule has 0 spiro atoms. The van der Waals surface area contributed by atoms with Crippen LogP contribution in [0.15, 0.2) is 41.8 Å². The summed E-state index contributed by atoms with van der Waals surface area (Å²) < 4.78 is 38.1. The number of alkyl halides is 3. The largest absolute Gasteiger partial charge is 0.416 e. The lowest BCUT2D eigenvalue weighted by molar-refractivity contribution is -0.137. The summed E-state index contributed by atoms with van der Waals surface area (Å²) in [5, 5.41) is 13.2. The van der Waals surface area contributed by atoms with Crippen LogP contribution in [0.25, 0.3) is 11.4 Å². The molecule has 118 valence electrons. The predicted octanol–water partition coefficient (Wildman–Crippen LogP) is 3.30. The number of carbonyl (C=O) groups is 1. The minimum Gasteiger partial charge on any atom is -0.291 e. The number of benzene rings is 1. The first-order valence-corrected chi connectivity index (χ1v) is 7.33. The van der Waals surface area contributed by atoms with Gasteiger partial charge in [0.25, 0.3) is 0 Å². The lowest BCUT2D eigenvalue weighted by Gasteiger charge is -2.06. The van der Waals surface area contributed by atoms with Crippen molar-refractivity contribution in [3.8, 4) is 11.4 Å². The lowest BCUT2D eigenvalue weighted by Crippen LogP contribution is -2.12. The molecule has 0 bridgehead atoms. The van der Waals surface area contributed by atoms with E-state index in [2.05, 4.69) is 15.4 Å². The van der Waals surface area contributed by atoms with E-state index < -0.39 is 11.7 Å². The Morgan fingerprint density at radius 2 is 2.04 bits per heavy atom. The number of tetrazole rings is 1. The molecule has 2 aromatic heterocycles. The molecule has 9 heteroatoms. The third kappa shape index (κ3) is 3.45. The van der Waals surface area contributed by atoms with Crippen molar-refractivity contribution in [2.75, 3.05) is 0 Å². The van der Waals surface area contributed by atoms with Gasteiger partial charge in [0.15, 0.2) is 5.78 Å². The summed E-state index contributed by atoms with van der Waals surface area (Å²) in [5.74, 6) is -0.150. The highest BCUT2D eigenvalue weighted by atomic mass is 32.1. The van der Waals surface area contributed by atoms with Crippen LogP contribution in [0, 0.1) is 0 Å². The zero-order chi connectivity index (χ0) is 16.4. The van der Waals surface area contributed by atoms with Crippen LogP contribution in [-0.2, 0) is 12.7 Å². The maximum Gasteiger partial charge on any atom is 0.416 e. The van der Waals surface area contributed by atoms with Gasteiger partial charge >= 0.3 is 6.18 Å². The minimum absolute atomic E-state index is 0.0371. The van der Waals surface area contributed by atoms with E-state index in [1.165, 1.54) is 23.5 Å². The van der Waals surface area contributed by atoms with Gasteiger partial charge in [0.05, 0.1) is 10.4 Å². The number of nitrogens with zero attached hydrogens (tertiary/aromatic N) is 4. The van der Waals surface area contributed by atoms with Crippen molar-refractivity contribution < 1.29 is 18.0 Å². The Bertz CT molecular complexity index is 827. The summed E-state index contributed by atoms with van der Waals surface area (Å²) >= 11 is 1.29. The average molecular weight is 338 g/mol. The maximum atomic E-state index is 12.7. The topological polar surface area (TPSA) is 60.7 Å². The highest BCUT2D eigenvalue weighted by Crippen LogP contribution is 2.31. The van der Waals surface area contributed by atoms with Crippen LogP contribution in [0.2, 0.25) is 0 Å². The van der Waals surface area contributed by atoms with Crippen molar-refractivity contribution in [1.82, 2.24) is 20.2 Å². The van der Waals surface area contributed by atoms with E-state index in [0.29, 0.717) is 4.88 Å². The molecule has 0 atom stereocenters. The zero-order valence-corrected chi connectivity index (χ0v) is 12.3. The fourth-order valence-electron chi connectivity index (χ4n) is 1.90. The molecule has 0 aliphatic carbocycles. The predicted molar refractivity (Wildman–Crippen MR) is 76.9 cm³/mol. The molecule has 2 heterocycles. The fraction of sp³-hybridized carbons (Fsp3) is 0.143. The minimum atomic E-state index is -4.44. The summed E-state index contributed by atoms with van der Waals surface area (Å²) in [4.78, 5) is 13.6. The van der Waals surface area contributed by atoms with Gasteiger partial charge in [0.1, 0.15) is 6.54 Å². The Morgan fingerprint density at radius 3 is 2.74 bits per heavy atom. The van der Waals surface area contributed by atoms with Gasteiger partial charge in [-0.25, -0.2) is 0 Å². The normalized spacial score (nSPS) is 11.6. The molecule has 0 saturated heterocycles. The van der Waals surface area contributed by atoms with Gasteiger partial charge in [-0.05, 0) is 28.8 Å². The first kappa shape index (κ1) is 15.3. The van der Waals surface area contributed by atoms with Crippen LogP contribution in [0.3, 0.4) is 0 Å². The standard InChI is InChI=1S/C14H9F3N4OS/c15-14(16,17)10-4-1-3-9(7-10)13-18-20-21(19-13)8-11(22)12-5-2-6-23-12/h1-7H,8H2. The summed E-state index contributed by atoms with van der Waals surface area (Å²) in [5.41, 5.74) is -0.601. The Labute approximate surface area is 132 Å². The van der Waals surface area contributed by atoms with Crippen molar-refractivity contribution in [3.05, 3.63) is 52.2 Å². The van der Waals surface area contributed by atoms with E-state index in [9.17, 15) is 18.0 Å². The van der Waals surface area contributed by atoms with E-state index >= 15 is 0 Å². The molecule has 5 nitrogen and oxygen atoms in total. The molecule has 0 radical (unpaired) electrons. The van der Waals surface area contributed by atoms with Gasteiger partial charge in [0, 0.05) is 5.56 Å². The van der Waals surface area contributed by atoms with E-state index in [4.69, 9.17) is 0 Å². The molecule has 23 heavy (non-hydrogen) atoms. The van der Waals surface area contributed by atoms with Gasteiger partial charge in [-0.3, -0.25) is 4.79 Å². The number of thiophene rings is 1. The van der Waals surface area contributed by atoms with E-state index in [1.807, 2.05) is 0 Å². The maximum absolute atomic E-state index is 12.7. The summed E-state index contributed by atoms with van der Waals surface area (Å²) in [6.45, 7) is -0.119. The Kier molecular flexibility index (Phi) is 3.95. The van der Waals surface area contributed by atoms with Crippen molar-refractivity contribution in [2.24, 2.45) is 0 Å². The molecular weight excluding hydrogens is 329 g/mol. The van der Waals surface area contributed by atoms with Crippen molar-refractivity contribution in [1.29, 1.82) is 0 Å². The van der Waals surface area contributed by atoms with Gasteiger partial charge in [-0.1, -0.05) is 18.2 Å². The number of aromatic nitrogens is 4. The lowest BCUT2D eigenvalue weighted by atomic mass is 10.1. The van der Waals surface area contributed by atoms with Gasteiger partial charge in [-0.15, -0.1) is 21.5 Å². The SMILES string of the molecule is O=C(Cn1nnc(-c2cccc(C(F)(F)F)c2)n1)c1cccs1. The molecule has 0 amide bonds. The molecule has 0 aliphatic heterocycles. The first-order chi connectivity index (χ1) is 10.9. The molecular formula is C14H9F3N4OS. The summed E-state index contributed by atoms with van der Waals surface area (Å²) in [6.07, 6.45) is -4.44. The Balaban J connectivity index is 1.81. The number of Topliss-reactive ketones (excluding diaryl/α,β-unsaturated/α-hetero) is 1. The highest BCUT2D eigenvalue weighted by Gasteiger charge is 2.30. The van der Waals surface area contributed by atoms with Crippen LogP contribution in [0.4, 0.5) is 13.2 Å². The summed E-state index contributed by atoms with van der Waals surface area (Å²) in [7, 11) is 0. The highest BCUT2D eigenvalue weighted by molar-refractivity contribution is 7.12. The molecule has 0 aliphatic rings. The fourth-order valence-corrected chi connectivity index (χ4v) is 2.56. The zero-order valence-electron chi connectivity index (χ0n) is 11.5. The van der Waals surface area contributed by atoms with Crippen LogP contribution >= 0.6 is 11.3 Å². The molecule has 3 rings (SSSR count). The molecule has 0 unspecified atom stereocenters. The van der Waals surface area contributed by atoms with Gasteiger partial charge < -0.3 is 0 Å². The Morgan fingerprint density at radius 1 is 1.22 bits per heavy atom. The van der Waals surface area contributed by atoms with E-state index in [1.54, 1.807) is 17.5 Å². The van der Waals surface area contributed by atoms with Crippen LogP contribution < -0.4 is 0 Å². The smallest absolute Gasteiger partial charge is 0.291 e. The molecule has 0 fully saturated rings. The average Bonchev–Trinajstić information content (AvgIpc) is 3.18. The molecule has 3 aromatic rings. The van der Waals surface area contributed by atoms with Crippen LogP contribution in [0.1, 0.15) is 15.2 Å². The Hall–Kier alpha value is -2.55. The van der Waals surface area contributed by atoms with Crippen LogP contribution in [0.5, 0.6) is 0 Å². The van der Waals surface area contributed by atoms with E-state index in [0.717, 1.165) is 16.9 Å². The van der Waals surface area contributed by atoms with Crippen molar-refractivity contribution >= 4 is 17.1 Å². The number of halogens is 3. The number of rotatable bonds is 4. The molecule has 0 N–H and O–H groups in total. The number of carbonyl (C=O) groups excluding carboxylic acids is 1. The van der Waals surface area contributed by atoms with Crippen molar-refractivity contribution in [3.63, 3.8) is 0 Å². The number of hydrogen-bond donors (Lipinski definition) is 0. The van der Waals surface area contributed by atoms with Crippen molar-refractivity contribution in [2.45, 2.75) is 12.7 Å². The monoisotopic (exact) mass is 338 g/mol. The first-order valence-electron chi connectivity index (χ1n) is 6.45. The number of hydrogen-bond acceptors (Lipinski definition) is 5. The second-order valence-electron chi connectivity index (χ2n) is 4.62. The number of ketones is 1.